The van der Waals surface area contributed by atoms with Gasteiger partial charge in [0.25, 0.3) is 0 Å². The van der Waals surface area contributed by atoms with Gasteiger partial charge in [-0.25, -0.2) is 4.98 Å². The van der Waals surface area contributed by atoms with Crippen molar-refractivity contribution in [2.24, 2.45) is 5.92 Å². The second kappa shape index (κ2) is 5.36. The highest BCUT2D eigenvalue weighted by atomic mass is 32.1. The Labute approximate surface area is 111 Å². The van der Waals surface area contributed by atoms with Gasteiger partial charge in [0.15, 0.2) is 5.13 Å². The van der Waals surface area contributed by atoms with E-state index in [4.69, 9.17) is 0 Å². The second-order valence-electron chi connectivity index (χ2n) is 5.30. The van der Waals surface area contributed by atoms with Crippen molar-refractivity contribution >= 4 is 22.4 Å². The first-order chi connectivity index (χ1) is 8.81. The van der Waals surface area contributed by atoms with Gasteiger partial charge in [0.2, 0.25) is 5.91 Å². The van der Waals surface area contributed by atoms with E-state index in [9.17, 15) is 4.79 Å². The first-order valence-corrected chi connectivity index (χ1v) is 7.65. The Kier molecular flexibility index (Phi) is 3.61. The first kappa shape index (κ1) is 12.1. The topological polar surface area (TPSA) is 54.0 Å². The molecule has 1 amide bonds. The molecule has 5 heteroatoms. The lowest BCUT2D eigenvalue weighted by Gasteiger charge is -2.21. The molecule has 98 valence electrons. The normalized spacial score (nSPS) is 20.9. The lowest BCUT2D eigenvalue weighted by Crippen LogP contribution is -2.30. The molecule has 1 aliphatic carbocycles. The number of aromatic nitrogens is 1. The maximum absolute atomic E-state index is 11.9. The van der Waals surface area contributed by atoms with Gasteiger partial charge in [0.1, 0.15) is 0 Å². The van der Waals surface area contributed by atoms with Crippen LogP contribution in [0.4, 0.5) is 5.13 Å². The minimum Gasteiger partial charge on any atom is -0.317 e. The molecule has 1 aromatic rings. The van der Waals surface area contributed by atoms with Crippen LogP contribution in [-0.4, -0.2) is 24.0 Å². The highest BCUT2D eigenvalue weighted by Crippen LogP contribution is 2.40. The molecule has 1 aromatic heterocycles. The number of nitrogens with zero attached hydrogens (tertiary/aromatic N) is 1. The number of piperidine rings is 1. The molecule has 0 bridgehead atoms. The minimum absolute atomic E-state index is 0.124. The number of anilines is 1. The zero-order valence-corrected chi connectivity index (χ0v) is 11.3. The smallest absolute Gasteiger partial charge is 0.226 e. The molecule has 2 N–H and O–H groups in total. The molecule has 0 spiro atoms. The molecule has 18 heavy (non-hydrogen) atoms. The molecule has 2 heterocycles. The number of nitrogens with one attached hydrogen (secondary N) is 2. The van der Waals surface area contributed by atoms with Crippen molar-refractivity contribution < 1.29 is 4.79 Å². The Hall–Kier alpha value is -0.940. The molecule has 2 fully saturated rings. The average molecular weight is 265 g/mol. The molecule has 3 rings (SSSR count). The monoisotopic (exact) mass is 265 g/mol. The van der Waals surface area contributed by atoms with Crippen LogP contribution in [0.3, 0.4) is 0 Å². The minimum atomic E-state index is 0.124. The van der Waals surface area contributed by atoms with Gasteiger partial charge >= 0.3 is 0 Å². The quantitative estimate of drug-likeness (QED) is 0.878. The maximum atomic E-state index is 11.9. The number of carbonyl (C=O) groups excluding carboxylic acids is 1. The Morgan fingerprint density at radius 2 is 2.17 bits per heavy atom. The Morgan fingerprint density at radius 3 is 2.89 bits per heavy atom. The van der Waals surface area contributed by atoms with Crippen LogP contribution in [0.5, 0.6) is 0 Å². The molecule has 2 aliphatic rings. The van der Waals surface area contributed by atoms with Gasteiger partial charge in [-0.3, -0.25) is 4.79 Å². The van der Waals surface area contributed by atoms with E-state index in [0.29, 0.717) is 18.3 Å². The molecule has 0 unspecified atom stereocenters. The van der Waals surface area contributed by atoms with Gasteiger partial charge in [-0.15, -0.1) is 11.3 Å². The molecule has 1 aliphatic heterocycles. The van der Waals surface area contributed by atoms with Crippen LogP contribution in [0.1, 0.15) is 43.7 Å². The van der Waals surface area contributed by atoms with Gasteiger partial charge in [0.05, 0.1) is 5.69 Å². The summed E-state index contributed by atoms with van der Waals surface area (Å²) in [7, 11) is 0. The number of hydrogen-bond acceptors (Lipinski definition) is 4. The first-order valence-electron chi connectivity index (χ1n) is 6.77. The van der Waals surface area contributed by atoms with E-state index in [1.54, 1.807) is 11.3 Å². The lowest BCUT2D eigenvalue weighted by atomic mass is 9.94. The van der Waals surface area contributed by atoms with Crippen LogP contribution >= 0.6 is 11.3 Å². The molecule has 4 nitrogen and oxygen atoms in total. The third-order valence-electron chi connectivity index (χ3n) is 3.70. The van der Waals surface area contributed by atoms with E-state index in [2.05, 4.69) is 21.0 Å². The third kappa shape index (κ3) is 3.09. The molecule has 1 saturated heterocycles. The summed E-state index contributed by atoms with van der Waals surface area (Å²) in [5, 5.41) is 9.11. The Morgan fingerprint density at radius 1 is 1.39 bits per heavy atom. The average Bonchev–Trinajstić information content (AvgIpc) is 3.12. The Balaban J connectivity index is 1.49. The van der Waals surface area contributed by atoms with Crippen molar-refractivity contribution in [2.75, 3.05) is 18.4 Å². The van der Waals surface area contributed by atoms with E-state index in [1.165, 1.54) is 12.8 Å². The fraction of sp³-hybridized carbons (Fsp3) is 0.692. The number of rotatable bonds is 4. The van der Waals surface area contributed by atoms with Crippen molar-refractivity contribution in [1.29, 1.82) is 0 Å². The molecule has 0 atom stereocenters. The standard InChI is InChI=1S/C13H19N3OS/c17-12(7-9-3-5-14-6-4-9)16-13-15-11(8-18-13)10-1-2-10/h8-10,14H,1-7H2,(H,15,16,17). The SMILES string of the molecule is O=C(CC1CCNCC1)Nc1nc(C2CC2)cs1. The summed E-state index contributed by atoms with van der Waals surface area (Å²) in [4.78, 5) is 16.4. The van der Waals surface area contributed by atoms with E-state index in [-0.39, 0.29) is 5.91 Å². The fourth-order valence-electron chi connectivity index (χ4n) is 2.43. The summed E-state index contributed by atoms with van der Waals surface area (Å²) in [6.45, 7) is 2.09. The number of hydrogen-bond donors (Lipinski definition) is 2. The van der Waals surface area contributed by atoms with Crippen LogP contribution in [0.15, 0.2) is 5.38 Å². The van der Waals surface area contributed by atoms with E-state index in [1.807, 2.05) is 0 Å². The van der Waals surface area contributed by atoms with Crippen molar-refractivity contribution in [3.63, 3.8) is 0 Å². The molecule has 0 radical (unpaired) electrons. The highest BCUT2D eigenvalue weighted by Gasteiger charge is 2.26. The van der Waals surface area contributed by atoms with Crippen molar-refractivity contribution in [3.05, 3.63) is 11.1 Å². The van der Waals surface area contributed by atoms with Crippen LogP contribution in [0.25, 0.3) is 0 Å². The second-order valence-corrected chi connectivity index (χ2v) is 6.16. The summed E-state index contributed by atoms with van der Waals surface area (Å²) >= 11 is 1.55. The summed E-state index contributed by atoms with van der Waals surface area (Å²) in [6, 6.07) is 0. The molecule has 0 aromatic carbocycles. The molecule has 1 saturated carbocycles. The predicted octanol–water partition coefficient (Wildman–Crippen LogP) is 2.35. The number of amides is 1. The summed E-state index contributed by atoms with van der Waals surface area (Å²) in [6.07, 6.45) is 5.37. The third-order valence-corrected chi connectivity index (χ3v) is 4.47. The predicted molar refractivity (Wildman–Crippen MR) is 72.9 cm³/mol. The van der Waals surface area contributed by atoms with Crippen LogP contribution in [0.2, 0.25) is 0 Å². The highest BCUT2D eigenvalue weighted by molar-refractivity contribution is 7.13. The van der Waals surface area contributed by atoms with Crippen LogP contribution < -0.4 is 10.6 Å². The van der Waals surface area contributed by atoms with E-state index >= 15 is 0 Å². The maximum Gasteiger partial charge on any atom is 0.226 e. The summed E-state index contributed by atoms with van der Waals surface area (Å²) in [5.41, 5.74) is 1.16. The van der Waals surface area contributed by atoms with Gasteiger partial charge in [-0.05, 0) is 44.7 Å². The van der Waals surface area contributed by atoms with E-state index < -0.39 is 0 Å². The fourth-order valence-corrected chi connectivity index (χ4v) is 3.24. The summed E-state index contributed by atoms with van der Waals surface area (Å²) in [5.74, 6) is 1.32. The van der Waals surface area contributed by atoms with Crippen molar-refractivity contribution in [3.8, 4) is 0 Å². The van der Waals surface area contributed by atoms with E-state index in [0.717, 1.165) is 36.8 Å². The van der Waals surface area contributed by atoms with Crippen molar-refractivity contribution in [1.82, 2.24) is 10.3 Å². The van der Waals surface area contributed by atoms with Gasteiger partial charge in [-0.1, -0.05) is 0 Å². The van der Waals surface area contributed by atoms with Gasteiger partial charge < -0.3 is 10.6 Å². The molecular weight excluding hydrogens is 246 g/mol. The number of carbonyl (C=O) groups is 1. The number of thiazole rings is 1. The molecular formula is C13H19N3OS. The zero-order valence-electron chi connectivity index (χ0n) is 10.4. The van der Waals surface area contributed by atoms with Crippen molar-refractivity contribution in [2.45, 2.75) is 38.0 Å². The van der Waals surface area contributed by atoms with Gasteiger partial charge in [0, 0.05) is 17.7 Å². The summed E-state index contributed by atoms with van der Waals surface area (Å²) < 4.78 is 0. The van der Waals surface area contributed by atoms with Gasteiger partial charge in [-0.2, -0.15) is 0 Å². The Bertz CT molecular complexity index is 422. The lowest BCUT2D eigenvalue weighted by molar-refractivity contribution is -0.117. The van der Waals surface area contributed by atoms with Crippen LogP contribution in [-0.2, 0) is 4.79 Å². The van der Waals surface area contributed by atoms with Crippen LogP contribution in [0, 0.1) is 5.92 Å². The largest absolute Gasteiger partial charge is 0.317 e. The zero-order chi connectivity index (χ0) is 12.4.